The van der Waals surface area contributed by atoms with Crippen molar-refractivity contribution < 1.29 is 149 Å². The van der Waals surface area contributed by atoms with Crippen LogP contribution < -0.4 is 62.2 Å². The van der Waals surface area contributed by atoms with Crippen LogP contribution in [0, 0.1) is 17.8 Å². The number of hydrogen-bond acceptors (Lipinski definition) is 45. The first-order valence-electron chi connectivity index (χ1n) is 44.8. The van der Waals surface area contributed by atoms with Gasteiger partial charge in [-0.15, -0.1) is 0 Å². The molecule has 770 valence electrons. The average Bonchev–Trinajstić information content (AvgIpc) is 1.59. The first kappa shape index (κ1) is 107. The number of nitrogen functional groups attached to an aromatic ring is 4. The number of nitrogens with one attached hydrogen (secondary N) is 4. The van der Waals surface area contributed by atoms with Crippen molar-refractivity contribution in [1.29, 1.82) is 0 Å². The van der Waals surface area contributed by atoms with Gasteiger partial charge < -0.3 is 84.9 Å². The molecule has 0 bridgehead atoms. The van der Waals surface area contributed by atoms with Gasteiger partial charge in [-0.1, -0.05) is 41.5 Å². The molecule has 13 N–H and O–H groups in total. The highest BCUT2D eigenvalue weighted by Crippen LogP contribution is 2.62. The third-order valence-electron chi connectivity index (χ3n) is 22.0. The summed E-state index contributed by atoms with van der Waals surface area (Å²) >= 11 is 0. The Hall–Kier alpha value is -9.49. The molecule has 8 aliphatic rings. The number of carbonyl (C=O) groups is 4. The van der Waals surface area contributed by atoms with Crippen molar-refractivity contribution in [2.45, 2.75) is 265 Å². The van der Waals surface area contributed by atoms with Crippen LogP contribution in [0.15, 0.2) is 25.3 Å². The number of ether oxygens (including phenoxy) is 12. The topological polar surface area (TPSA) is 668 Å². The largest absolute Gasteiger partial charge is 0.476 e. The van der Waals surface area contributed by atoms with Gasteiger partial charge in [0.1, 0.15) is 78.6 Å². The van der Waals surface area contributed by atoms with Crippen LogP contribution in [0.1, 0.15) is 163 Å². The summed E-state index contributed by atoms with van der Waals surface area (Å²) in [5, 5.41) is 21.5. The lowest BCUT2D eigenvalue weighted by Crippen LogP contribution is -2.49. The van der Waals surface area contributed by atoms with E-state index in [4.69, 9.17) is 116 Å². The number of nitrogens with zero attached hydrogens (tertiary/aromatic N) is 16. The van der Waals surface area contributed by atoms with Crippen LogP contribution in [0.4, 0.5) is 37.0 Å². The Kier molecular flexibility index (Phi) is 32.7. The van der Waals surface area contributed by atoms with Gasteiger partial charge in [-0.05, 0) is 115 Å². The average molecular weight is 2050 g/mol. The molecule has 16 heterocycles. The lowest BCUT2D eigenvalue weighted by Gasteiger charge is -2.36. The van der Waals surface area contributed by atoms with E-state index in [0.29, 0.717) is 31.9 Å². The fraction of sp³-hybridized carbons (Fsp3) is 0.696. The number of esters is 4. The minimum Gasteiger partial charge on any atom is -0.476 e. The molecule has 8 fully saturated rings. The van der Waals surface area contributed by atoms with Gasteiger partial charge in [0.2, 0.25) is 47.3 Å². The number of alkyl halides is 3. The molecule has 0 radical (unpaired) electrons. The smallest absolute Gasteiger partial charge is 0.406 e. The van der Waals surface area contributed by atoms with Gasteiger partial charge in [0, 0.05) is 0 Å². The maximum absolute atomic E-state index is 16.2. The molecule has 0 aliphatic carbocycles. The molecule has 60 heteroatoms. The second kappa shape index (κ2) is 42.6. The predicted octanol–water partition coefficient (Wildman–Crippen LogP) is 7.31. The molecule has 8 aliphatic heterocycles. The maximum atomic E-state index is 16.2. The summed E-state index contributed by atoms with van der Waals surface area (Å²) in [6.07, 6.45) is -8.00. The Bertz CT molecular complexity index is 5540. The third-order valence-corrected chi connectivity index (χ3v) is 28.8. The molecule has 8 aromatic rings. The highest BCUT2D eigenvalue weighted by Gasteiger charge is 2.66. The lowest BCUT2D eigenvalue weighted by atomic mass is 9.96. The molecule has 139 heavy (non-hydrogen) atoms. The molecule has 2 unspecified atom stereocenters. The molecule has 8 aromatic heterocycles. The number of fused-ring (bicyclic) bond motifs is 8. The van der Waals surface area contributed by atoms with E-state index in [9.17, 15) is 42.5 Å². The zero-order valence-corrected chi connectivity index (χ0v) is 83.5. The van der Waals surface area contributed by atoms with E-state index in [1.165, 1.54) is 99.0 Å². The molecule has 0 saturated carbocycles. The Labute approximate surface area is 794 Å². The molecule has 8 saturated heterocycles. The minimum absolute atomic E-state index is 0.0386. The van der Waals surface area contributed by atoms with E-state index in [2.05, 4.69) is 80.2 Å². The number of anilines is 4. The Morgan fingerprint density at radius 1 is 0.396 bits per heavy atom. The summed E-state index contributed by atoms with van der Waals surface area (Å²) in [5.41, 5.74) is 17.1. The quantitative estimate of drug-likeness (QED) is 0.0117. The number of halogens is 3. The van der Waals surface area contributed by atoms with Crippen molar-refractivity contribution in [3.8, 4) is 23.5 Å². The molecule has 0 spiro atoms. The van der Waals surface area contributed by atoms with Gasteiger partial charge in [0.15, 0.2) is 86.6 Å². The second-order valence-electron chi connectivity index (χ2n) is 35.6. The van der Waals surface area contributed by atoms with Crippen molar-refractivity contribution in [2.75, 3.05) is 95.6 Å². The van der Waals surface area contributed by atoms with Crippen molar-refractivity contribution in [3.05, 3.63) is 25.3 Å². The van der Waals surface area contributed by atoms with Crippen molar-refractivity contribution in [2.24, 2.45) is 17.8 Å². The van der Waals surface area contributed by atoms with Crippen LogP contribution in [0.2, 0.25) is 0 Å². The van der Waals surface area contributed by atoms with Crippen LogP contribution in [-0.2, 0) is 112 Å². The SMILES string of the molecule is CCOc1nc(N)nc2c1ncn2[C@@H]1O[C@@H]2COP(=O)(N[C@@H](C)C(=O)OC(C)C)O[C@H]2[C@@]1(C)O.CCOc1nc(N)nc2c1ncn2[C@@H]1O[C@@H]2COP(=O)(N[C@@H](C)C(=O)OCC(C)C)O[C@H]2[C@@]1(C)F.CCOc1nc(N)nc2c1ncn2[C@@H]1O[C@@H]2CO[P@@](=O)(N[C@@H](C)C(=O)OCC(C)C)O[C@H]2[C@@]1(C)F.CCOc1nc(N)nc2c1ncn2[C@@H]1O[C@@H]2CO[P@](=O)(N[C@@H](C)C(=O)OCC(C)C)O[C@H]2[C@@]1(C)F. The van der Waals surface area contributed by atoms with Crippen LogP contribution in [0.5, 0.6) is 23.5 Å². The first-order valence-corrected chi connectivity index (χ1v) is 50.9. The van der Waals surface area contributed by atoms with Gasteiger partial charge in [-0.2, -0.15) is 39.9 Å². The number of carbonyl (C=O) groups excluding carboxylic acids is 4. The number of aromatic nitrogens is 16. The van der Waals surface area contributed by atoms with E-state index in [0.717, 1.165) is 0 Å². The summed E-state index contributed by atoms with van der Waals surface area (Å²) in [5.74, 6) is -1.67. The zero-order valence-electron chi connectivity index (χ0n) is 79.9. The molecule has 0 aromatic carbocycles. The number of rotatable bonds is 31. The monoisotopic (exact) mass is 2050 g/mol. The molecular weight excluding hydrogens is 1930 g/mol. The minimum atomic E-state index is -4.06. The fourth-order valence-corrected chi connectivity index (χ4v) is 22.7. The summed E-state index contributed by atoms with van der Waals surface area (Å²) < 4.78 is 217. The van der Waals surface area contributed by atoms with Gasteiger partial charge in [0.05, 0.1) is 104 Å². The molecule has 53 nitrogen and oxygen atoms in total. The van der Waals surface area contributed by atoms with Crippen LogP contribution in [0.25, 0.3) is 44.7 Å². The van der Waals surface area contributed by atoms with Gasteiger partial charge >= 0.3 is 54.9 Å². The number of hydrogen-bond donors (Lipinski definition) is 9. The Morgan fingerprint density at radius 3 is 0.871 bits per heavy atom. The normalized spacial score (nSPS) is 31.6. The first-order chi connectivity index (χ1) is 65.3. The van der Waals surface area contributed by atoms with E-state index in [1.54, 1.807) is 41.5 Å². The fourth-order valence-electron chi connectivity index (χ4n) is 15.6. The van der Waals surface area contributed by atoms with E-state index in [1.807, 2.05) is 41.5 Å². The van der Waals surface area contributed by atoms with E-state index < -0.39 is 175 Å². The summed E-state index contributed by atoms with van der Waals surface area (Å²) in [4.78, 5) is 98.6. The predicted molar refractivity (Wildman–Crippen MR) is 481 cm³/mol. The van der Waals surface area contributed by atoms with Crippen molar-refractivity contribution in [3.63, 3.8) is 0 Å². The summed E-state index contributed by atoms with van der Waals surface area (Å²) in [6, 6.07) is -3.99. The highest BCUT2D eigenvalue weighted by molar-refractivity contribution is 7.52. The summed E-state index contributed by atoms with van der Waals surface area (Å²) in [6.45, 7) is 34.1. The van der Waals surface area contributed by atoms with Crippen LogP contribution in [0.3, 0.4) is 0 Å². The van der Waals surface area contributed by atoms with Crippen molar-refractivity contribution in [1.82, 2.24) is 98.4 Å². The van der Waals surface area contributed by atoms with E-state index in [-0.39, 0.29) is 157 Å². The third kappa shape index (κ3) is 23.2. The maximum Gasteiger partial charge on any atom is 0.406 e. The lowest BCUT2D eigenvalue weighted by molar-refractivity contribution is -0.149. The van der Waals surface area contributed by atoms with Gasteiger partial charge in [-0.3, -0.25) is 73.6 Å². The van der Waals surface area contributed by atoms with Crippen molar-refractivity contribution >= 4 is 123 Å². The standard InChI is InChI=1S/3C20H30FN6O7P.C19H29N6O8P/c3*1-6-30-16-13-15(24-19(22)25-16)27(9-23-13)18-20(5,21)14-12(33-18)8-32-35(29,34-14)26-11(4)17(28)31-7-10(2)3;1-6-29-15-12-14(22-18(20)23-15)25(8-21-12)17-19(5,27)13-11(32-17)7-30-34(28,33-13)24-10(4)16(26)31-9(2)3/h3*9-12,14,18H,6-8H2,1-5H3,(H,26,29)(H2,22,24,25);8-11,13,17,27H,6-7H2,1-5H3,(H,24,28)(H2,20,22,23)/t11-,12+,14+,18+,20+,35?;11-,12+,14+,18+,20+,35+;11-,12+,14+,18+,20+,35-;10-,11+,13+,17+,19+,34?/m0000/s1. The Morgan fingerprint density at radius 2 is 0.626 bits per heavy atom. The molecule has 24 atom stereocenters. The van der Waals surface area contributed by atoms with Crippen LogP contribution >= 0.6 is 31.0 Å². The zero-order chi connectivity index (χ0) is 101. The van der Waals surface area contributed by atoms with Gasteiger partial charge in [0.25, 0.3) is 0 Å². The Balaban J connectivity index is 0.000000156. The van der Waals surface area contributed by atoms with E-state index >= 15 is 13.2 Å². The van der Waals surface area contributed by atoms with Gasteiger partial charge in [-0.25, -0.2) is 71.7 Å². The second-order valence-corrected chi connectivity index (χ2v) is 42.5. The molecule has 0 amide bonds. The van der Waals surface area contributed by atoms with Crippen LogP contribution in [-0.4, -0.2) is 281 Å². The summed E-state index contributed by atoms with van der Waals surface area (Å²) in [7, 11) is -16.1. The number of aliphatic hydroxyl groups is 1. The number of nitrogens with two attached hydrogens (primary N) is 4. The molecule has 16 rings (SSSR count). The number of imidazole rings is 4. The highest BCUT2D eigenvalue weighted by atomic mass is 31.2. The molecular formula is C79H119F3N24O29P4.